The normalized spacial score (nSPS) is 13.3. The molecule has 0 amide bonds. The van der Waals surface area contributed by atoms with E-state index < -0.39 is 0 Å². The quantitative estimate of drug-likeness (QED) is 0.570. The van der Waals surface area contributed by atoms with Crippen LogP contribution in [0.3, 0.4) is 0 Å². The van der Waals surface area contributed by atoms with E-state index in [9.17, 15) is 0 Å². The molecule has 0 saturated carbocycles. The summed E-state index contributed by atoms with van der Waals surface area (Å²) in [5.41, 5.74) is 2.30. The Morgan fingerprint density at radius 1 is 1.29 bits per heavy atom. The van der Waals surface area contributed by atoms with Gasteiger partial charge in [-0.3, -0.25) is 0 Å². The van der Waals surface area contributed by atoms with Crippen molar-refractivity contribution in [1.29, 1.82) is 0 Å². The molecule has 0 aliphatic heterocycles. The first-order valence-corrected chi connectivity index (χ1v) is 7.26. The molecule has 0 bridgehead atoms. The number of benzene rings is 1. The fraction of sp³-hybridized carbons (Fsp3) is 0.500. The minimum atomic E-state index is 0.642. The molecule has 1 aromatic carbocycles. The van der Waals surface area contributed by atoms with Crippen LogP contribution in [-0.2, 0) is 15.2 Å². The molecule has 0 radical (unpaired) electrons. The number of imidazole rings is 1. The van der Waals surface area contributed by atoms with Crippen molar-refractivity contribution in [3.05, 3.63) is 30.6 Å². The van der Waals surface area contributed by atoms with E-state index in [2.05, 4.69) is 40.6 Å². The number of hydrogen-bond donors (Lipinski definition) is 0. The van der Waals surface area contributed by atoms with Crippen LogP contribution < -0.4 is 0 Å². The van der Waals surface area contributed by atoms with Gasteiger partial charge in [-0.25, -0.2) is 0 Å². The van der Waals surface area contributed by atoms with Crippen molar-refractivity contribution in [2.75, 3.05) is 0 Å². The van der Waals surface area contributed by atoms with Crippen molar-refractivity contribution < 1.29 is 15.2 Å². The van der Waals surface area contributed by atoms with Gasteiger partial charge in [-0.1, -0.05) is 0 Å². The van der Waals surface area contributed by atoms with E-state index in [1.165, 1.54) is 31.2 Å². The van der Waals surface area contributed by atoms with E-state index in [-0.39, 0.29) is 0 Å². The number of nitrogens with zero attached hydrogens (tertiary/aromatic N) is 2. The third-order valence-electron chi connectivity index (χ3n) is 2.78. The molecule has 1 heterocycles. The Kier molecular flexibility index (Phi) is 4.64. The summed E-state index contributed by atoms with van der Waals surface area (Å²) in [6.07, 6.45) is 7.17. The predicted molar refractivity (Wildman–Crippen MR) is 68.7 cm³/mol. The van der Waals surface area contributed by atoms with Crippen LogP contribution in [0.2, 0.25) is 4.82 Å². The number of unbranched alkanes of at least 4 members (excludes halogenated alkanes) is 2. The summed E-state index contributed by atoms with van der Waals surface area (Å²) in [7, 11) is 0. The maximum atomic E-state index is 4.41. The van der Waals surface area contributed by atoms with Gasteiger partial charge in [-0.15, -0.1) is 0 Å². The summed E-state index contributed by atoms with van der Waals surface area (Å²) < 4.78 is 2.19. The minimum absolute atomic E-state index is 0.642. The standard InChI is InChI=1S/C7H5N2.C7H15.Cu/c1-2-4-7-6(3-1)8-5-9-7;1-3-5-7-6-4-2;/h1-5H;3H,4-7H2,1-2H3;/q-1;;+1. The molecule has 1 aromatic heterocycles. The summed E-state index contributed by atoms with van der Waals surface area (Å²) in [5, 5.41) is 0. The molecule has 0 spiro atoms. The van der Waals surface area contributed by atoms with Gasteiger partial charge in [0, 0.05) is 0 Å². The van der Waals surface area contributed by atoms with Crippen LogP contribution in [0, 0.1) is 0 Å². The van der Waals surface area contributed by atoms with E-state index in [4.69, 9.17) is 0 Å². The Morgan fingerprint density at radius 2 is 2.12 bits per heavy atom. The zero-order valence-corrected chi connectivity index (χ0v) is 11.4. The second kappa shape index (κ2) is 6.23. The van der Waals surface area contributed by atoms with Gasteiger partial charge in [0.15, 0.2) is 0 Å². The van der Waals surface area contributed by atoms with Gasteiger partial charge in [-0.05, 0) is 0 Å². The molecule has 3 heteroatoms. The first-order valence-electron chi connectivity index (χ1n) is 6.29. The predicted octanol–water partition coefficient (Wildman–Crippen LogP) is 4.27. The monoisotopic (exact) mass is 279 g/mol. The average Bonchev–Trinajstić information content (AvgIpc) is 2.73. The van der Waals surface area contributed by atoms with E-state index in [1.807, 2.05) is 27.6 Å². The van der Waals surface area contributed by atoms with Gasteiger partial charge in [0.25, 0.3) is 0 Å². The van der Waals surface area contributed by atoms with Crippen LogP contribution in [0.1, 0.15) is 39.5 Å². The molecule has 1 unspecified atom stereocenters. The average molecular weight is 280 g/mol. The van der Waals surface area contributed by atoms with Crippen LogP contribution in [0.25, 0.3) is 11.0 Å². The van der Waals surface area contributed by atoms with Crippen molar-refractivity contribution >= 4 is 11.0 Å². The summed E-state index contributed by atoms with van der Waals surface area (Å²) >= 11 is 1.98. The summed E-state index contributed by atoms with van der Waals surface area (Å²) in [5.74, 6) is 0. The second-order valence-corrected chi connectivity index (χ2v) is 5.91. The van der Waals surface area contributed by atoms with Crippen LogP contribution in [0.15, 0.2) is 30.6 Å². The third kappa shape index (κ3) is 3.33. The van der Waals surface area contributed by atoms with E-state index >= 15 is 0 Å². The van der Waals surface area contributed by atoms with Gasteiger partial charge in [0.2, 0.25) is 0 Å². The van der Waals surface area contributed by atoms with E-state index in [0.29, 0.717) is 4.82 Å². The molecule has 0 fully saturated rings. The maximum absolute atomic E-state index is 4.41. The van der Waals surface area contributed by atoms with Gasteiger partial charge >= 0.3 is 110 Å². The zero-order valence-electron chi connectivity index (χ0n) is 10.5. The van der Waals surface area contributed by atoms with Crippen molar-refractivity contribution in [3.63, 3.8) is 0 Å². The first-order chi connectivity index (χ1) is 8.31. The Morgan fingerprint density at radius 3 is 2.94 bits per heavy atom. The van der Waals surface area contributed by atoms with Crippen molar-refractivity contribution in [2.45, 2.75) is 44.3 Å². The molecule has 17 heavy (non-hydrogen) atoms. The molecule has 2 nitrogen and oxygen atoms in total. The number of hydrogen-bond acceptors (Lipinski definition) is 1. The Hall–Kier alpha value is -0.791. The Bertz CT molecular complexity index is 464. The van der Waals surface area contributed by atoms with Crippen LogP contribution in [0.5, 0.6) is 0 Å². The molecule has 1 atom stereocenters. The zero-order chi connectivity index (χ0) is 12.1. The van der Waals surface area contributed by atoms with Crippen LogP contribution in [0.4, 0.5) is 0 Å². The number of aromatic nitrogens is 2. The Labute approximate surface area is 110 Å². The molecule has 2 aromatic rings. The van der Waals surface area contributed by atoms with E-state index in [0.717, 1.165) is 5.52 Å². The number of fused-ring (bicyclic) bond motifs is 1. The summed E-state index contributed by atoms with van der Waals surface area (Å²) in [6, 6.07) is 8.30. The SMILES string of the molecule is CCCCC[CH](C)[Cu][n]1cnc2ccccc21. The molecule has 0 N–H and O–H groups in total. The topological polar surface area (TPSA) is 17.8 Å². The first kappa shape index (κ1) is 12.7. The third-order valence-corrected chi connectivity index (χ3v) is 4.07. The molecule has 2 rings (SSSR count). The van der Waals surface area contributed by atoms with Crippen molar-refractivity contribution in [2.24, 2.45) is 0 Å². The number of para-hydroxylation sites is 2. The molecular formula is C14H20CuN2. The fourth-order valence-electron chi connectivity index (χ4n) is 1.81. The van der Waals surface area contributed by atoms with Gasteiger partial charge in [-0.2, -0.15) is 0 Å². The summed E-state index contributed by atoms with van der Waals surface area (Å²) in [6.45, 7) is 4.55. The van der Waals surface area contributed by atoms with Crippen LogP contribution in [-0.4, -0.2) is 8.57 Å². The molecular weight excluding hydrogens is 260 g/mol. The van der Waals surface area contributed by atoms with Crippen molar-refractivity contribution in [3.8, 4) is 0 Å². The van der Waals surface area contributed by atoms with Gasteiger partial charge in [0.1, 0.15) is 0 Å². The molecule has 0 aliphatic carbocycles. The fourth-order valence-corrected chi connectivity index (χ4v) is 3.00. The van der Waals surface area contributed by atoms with E-state index in [1.54, 1.807) is 0 Å². The molecule has 0 aliphatic rings. The van der Waals surface area contributed by atoms with Gasteiger partial charge < -0.3 is 0 Å². The molecule has 97 valence electrons. The van der Waals surface area contributed by atoms with Gasteiger partial charge in [0.05, 0.1) is 0 Å². The molecule has 0 saturated heterocycles. The van der Waals surface area contributed by atoms with Crippen molar-refractivity contribution in [1.82, 2.24) is 8.57 Å². The second-order valence-electron chi connectivity index (χ2n) is 4.29. The number of rotatable bonds is 6. The van der Waals surface area contributed by atoms with Crippen LogP contribution >= 0.6 is 0 Å². The summed E-state index contributed by atoms with van der Waals surface area (Å²) in [4.78, 5) is 5.05. The Balaban J connectivity index is 1.98.